The van der Waals surface area contributed by atoms with E-state index in [4.69, 9.17) is 0 Å². The quantitative estimate of drug-likeness (QED) is 0.536. The number of para-hydroxylation sites is 1. The first kappa shape index (κ1) is 22.6. The summed E-state index contributed by atoms with van der Waals surface area (Å²) in [5, 5.41) is 11.2. The molecule has 1 aromatic rings. The summed E-state index contributed by atoms with van der Waals surface area (Å²) < 4.78 is 0. The highest BCUT2D eigenvalue weighted by Gasteiger charge is 2.61. The molecule has 0 radical (unpaired) electrons. The molecule has 2 heterocycles. The number of aromatic hydroxyl groups is 1. The smallest absolute Gasteiger partial charge is 0.234 e. The number of carbonyl (C=O) groups excluding carboxylic acids is 4. The largest absolute Gasteiger partial charge is 0.507 e. The molecule has 4 aliphatic rings. The van der Waals surface area contributed by atoms with Crippen molar-refractivity contribution in [2.45, 2.75) is 39.0 Å². The summed E-state index contributed by atoms with van der Waals surface area (Å²) in [6.45, 7) is 7.96. The Morgan fingerprint density at radius 2 is 1.59 bits per heavy atom. The van der Waals surface area contributed by atoms with Crippen LogP contribution in [0.1, 0.15) is 43.7 Å². The van der Waals surface area contributed by atoms with Gasteiger partial charge in [-0.15, -0.1) is 6.58 Å². The van der Waals surface area contributed by atoms with Gasteiger partial charge in [-0.2, -0.15) is 0 Å². The molecule has 0 spiro atoms. The number of phenols is 1. The molecule has 1 saturated carbocycles. The Morgan fingerprint density at radius 3 is 2.24 bits per heavy atom. The monoisotopic (exact) mass is 462 g/mol. The molecule has 6 atom stereocenters. The summed E-state index contributed by atoms with van der Waals surface area (Å²) in [4.78, 5) is 55.6. The van der Waals surface area contributed by atoms with Crippen LogP contribution in [0.2, 0.25) is 0 Å². The van der Waals surface area contributed by atoms with Crippen molar-refractivity contribution in [3.05, 3.63) is 53.6 Å². The summed E-state index contributed by atoms with van der Waals surface area (Å²) >= 11 is 0. The number of benzene rings is 1. The number of hydrogen-bond acceptors (Lipinski definition) is 5. The van der Waals surface area contributed by atoms with Crippen molar-refractivity contribution in [1.29, 1.82) is 0 Å². The molecule has 5 rings (SSSR count). The molecule has 2 aliphatic carbocycles. The lowest BCUT2D eigenvalue weighted by atomic mass is 9.57. The van der Waals surface area contributed by atoms with E-state index in [1.165, 1.54) is 9.80 Å². The van der Waals surface area contributed by atoms with Crippen molar-refractivity contribution in [1.82, 2.24) is 9.80 Å². The predicted molar refractivity (Wildman–Crippen MR) is 124 cm³/mol. The molecule has 7 heteroatoms. The van der Waals surface area contributed by atoms with Gasteiger partial charge in [-0.3, -0.25) is 29.0 Å². The Labute approximate surface area is 199 Å². The number of nitrogens with zero attached hydrogens (tertiary/aromatic N) is 2. The minimum atomic E-state index is -0.620. The lowest BCUT2D eigenvalue weighted by molar-refractivity contribution is -0.141. The van der Waals surface area contributed by atoms with Crippen molar-refractivity contribution in [2.75, 3.05) is 13.1 Å². The Kier molecular flexibility index (Phi) is 5.46. The summed E-state index contributed by atoms with van der Waals surface area (Å²) in [5.41, 5.74) is 2.22. The molecule has 0 unspecified atom stereocenters. The summed E-state index contributed by atoms with van der Waals surface area (Å²) in [5.74, 6) is -3.61. The second-order valence-electron chi connectivity index (χ2n) is 9.71. The molecule has 2 saturated heterocycles. The van der Waals surface area contributed by atoms with Gasteiger partial charge in [0.25, 0.3) is 0 Å². The van der Waals surface area contributed by atoms with Gasteiger partial charge in [-0.05, 0) is 44.6 Å². The molecule has 7 nitrogen and oxygen atoms in total. The average molecular weight is 463 g/mol. The average Bonchev–Trinajstić information content (AvgIpc) is 3.22. The Bertz CT molecular complexity index is 1140. The van der Waals surface area contributed by atoms with Crippen molar-refractivity contribution >= 4 is 23.6 Å². The van der Waals surface area contributed by atoms with Gasteiger partial charge >= 0.3 is 0 Å². The minimum absolute atomic E-state index is 0.106. The normalized spacial score (nSPS) is 32.5. The maximum Gasteiger partial charge on any atom is 0.234 e. The zero-order valence-electron chi connectivity index (χ0n) is 19.6. The van der Waals surface area contributed by atoms with Crippen LogP contribution < -0.4 is 0 Å². The number of rotatable bonds is 5. The van der Waals surface area contributed by atoms with Crippen LogP contribution in [0, 0.1) is 29.6 Å². The van der Waals surface area contributed by atoms with E-state index in [0.29, 0.717) is 36.9 Å². The third-order valence-corrected chi connectivity index (χ3v) is 8.31. The highest BCUT2D eigenvalue weighted by Crippen LogP contribution is 2.58. The fourth-order valence-electron chi connectivity index (χ4n) is 6.87. The fraction of sp³-hybridized carbons (Fsp3) is 0.481. The molecule has 34 heavy (non-hydrogen) atoms. The first-order chi connectivity index (χ1) is 16.3. The van der Waals surface area contributed by atoms with Gasteiger partial charge in [-0.1, -0.05) is 35.9 Å². The van der Waals surface area contributed by atoms with E-state index in [1.54, 1.807) is 19.9 Å². The molecule has 178 valence electrons. The van der Waals surface area contributed by atoms with Crippen LogP contribution in [0.4, 0.5) is 0 Å². The van der Waals surface area contributed by atoms with Gasteiger partial charge in [0.1, 0.15) is 5.75 Å². The number of carbonyl (C=O) groups is 4. The lowest BCUT2D eigenvalue weighted by Crippen LogP contribution is -2.43. The molecule has 4 amide bonds. The Balaban J connectivity index is 1.67. The van der Waals surface area contributed by atoms with E-state index in [0.717, 1.165) is 5.57 Å². The highest BCUT2D eigenvalue weighted by molar-refractivity contribution is 6.08. The molecular formula is C27H30N2O5. The number of likely N-dealkylation sites (tertiary alicyclic amines) is 2. The number of amides is 4. The standard InChI is InChI=1S/C27H30N2O5/c1-4-8-14-9-7-10-16(23(14)30)20-15-11-12-17-21(26(33)28(5-2)24(17)31)18(15)13-19-22(20)27(34)29(6-3)25(19)32/h4,7,9-11,17-22,30H,1,5-6,8,12-13H2,2-3H3/t17-,18+,19+,20+,21-,22+/m0/s1. The van der Waals surface area contributed by atoms with E-state index in [1.807, 2.05) is 24.3 Å². The van der Waals surface area contributed by atoms with E-state index in [9.17, 15) is 24.3 Å². The van der Waals surface area contributed by atoms with Crippen LogP contribution in [-0.2, 0) is 25.6 Å². The molecule has 3 fully saturated rings. The van der Waals surface area contributed by atoms with Gasteiger partial charge in [0.05, 0.1) is 23.7 Å². The van der Waals surface area contributed by atoms with Crippen molar-refractivity contribution in [2.24, 2.45) is 29.6 Å². The zero-order chi connectivity index (χ0) is 24.3. The van der Waals surface area contributed by atoms with Gasteiger partial charge in [0.15, 0.2) is 0 Å². The summed E-state index contributed by atoms with van der Waals surface area (Å²) in [6.07, 6.45) is 4.99. The summed E-state index contributed by atoms with van der Waals surface area (Å²) in [6, 6.07) is 5.48. The number of allylic oxidation sites excluding steroid dienone is 3. The van der Waals surface area contributed by atoms with Gasteiger partial charge in [0, 0.05) is 24.6 Å². The molecule has 1 aromatic carbocycles. The number of fused-ring (bicyclic) bond motifs is 4. The van der Waals surface area contributed by atoms with Gasteiger partial charge in [0.2, 0.25) is 23.6 Å². The first-order valence-electron chi connectivity index (χ1n) is 12.2. The third kappa shape index (κ3) is 2.95. The molecule has 2 aliphatic heterocycles. The summed E-state index contributed by atoms with van der Waals surface area (Å²) in [7, 11) is 0. The van der Waals surface area contributed by atoms with E-state index in [2.05, 4.69) is 6.58 Å². The first-order valence-corrected chi connectivity index (χ1v) is 12.2. The van der Waals surface area contributed by atoms with Crippen molar-refractivity contribution < 1.29 is 24.3 Å². The third-order valence-electron chi connectivity index (χ3n) is 8.31. The maximum atomic E-state index is 13.5. The Morgan fingerprint density at radius 1 is 0.941 bits per heavy atom. The zero-order valence-corrected chi connectivity index (χ0v) is 19.6. The second-order valence-corrected chi connectivity index (χ2v) is 9.71. The van der Waals surface area contributed by atoms with Crippen LogP contribution in [0.5, 0.6) is 5.75 Å². The molecule has 0 bridgehead atoms. The van der Waals surface area contributed by atoms with E-state index < -0.39 is 29.6 Å². The molecule has 1 N–H and O–H groups in total. The maximum absolute atomic E-state index is 13.5. The second kappa shape index (κ2) is 8.22. The predicted octanol–water partition coefficient (Wildman–Crippen LogP) is 2.80. The van der Waals surface area contributed by atoms with Crippen LogP contribution in [0.3, 0.4) is 0 Å². The van der Waals surface area contributed by atoms with Gasteiger partial charge < -0.3 is 5.11 Å². The SMILES string of the molecule is C=CCc1cccc([C@H]2C3=CC[C@@H]4C(=O)N(CC)C(=O)[C@@H]4[C@@H]3C[C@H]3C(=O)N(CC)C(=O)[C@@H]23)c1O. The van der Waals surface area contributed by atoms with Crippen molar-refractivity contribution in [3.63, 3.8) is 0 Å². The number of phenolic OH excluding ortho intramolecular Hbond substituents is 1. The van der Waals surface area contributed by atoms with Crippen molar-refractivity contribution in [3.8, 4) is 5.75 Å². The topological polar surface area (TPSA) is 95.0 Å². The highest BCUT2D eigenvalue weighted by atomic mass is 16.3. The number of imide groups is 2. The van der Waals surface area contributed by atoms with E-state index >= 15 is 0 Å². The van der Waals surface area contributed by atoms with Crippen LogP contribution in [-0.4, -0.2) is 51.6 Å². The fourth-order valence-corrected chi connectivity index (χ4v) is 6.87. The van der Waals surface area contributed by atoms with Crippen LogP contribution >= 0.6 is 0 Å². The number of hydrogen-bond donors (Lipinski definition) is 1. The molecular weight excluding hydrogens is 432 g/mol. The minimum Gasteiger partial charge on any atom is -0.507 e. The van der Waals surface area contributed by atoms with Crippen LogP contribution in [0.15, 0.2) is 42.5 Å². The van der Waals surface area contributed by atoms with Gasteiger partial charge in [-0.25, -0.2) is 0 Å². The van der Waals surface area contributed by atoms with E-state index in [-0.39, 0.29) is 41.8 Å². The lowest BCUT2D eigenvalue weighted by Gasteiger charge is -2.44. The Hall–Kier alpha value is -3.22. The molecule has 0 aromatic heterocycles. The van der Waals surface area contributed by atoms with Crippen LogP contribution in [0.25, 0.3) is 0 Å².